The third-order valence-electron chi connectivity index (χ3n) is 2.41. The van der Waals surface area contributed by atoms with Gasteiger partial charge in [-0.2, -0.15) is 0 Å². The number of hydrogen-bond acceptors (Lipinski definition) is 4. The van der Waals surface area contributed by atoms with Crippen molar-refractivity contribution in [3.63, 3.8) is 0 Å². The Morgan fingerprint density at radius 3 is 2.68 bits per heavy atom. The van der Waals surface area contributed by atoms with Crippen LogP contribution in [-0.2, 0) is 4.79 Å². The quantitative estimate of drug-likeness (QED) is 0.442. The summed E-state index contributed by atoms with van der Waals surface area (Å²) in [5.74, 6) is 3.92. The minimum atomic E-state index is -0.612. The number of carbonyl (C=O) groups excluding carboxylic acids is 2. The van der Waals surface area contributed by atoms with Crippen LogP contribution < -0.4 is 21.9 Å². The van der Waals surface area contributed by atoms with Crippen LogP contribution in [0.4, 0.5) is 10.1 Å². The van der Waals surface area contributed by atoms with Gasteiger partial charge in [0.05, 0.1) is 11.3 Å². The fourth-order valence-electron chi connectivity index (χ4n) is 1.53. The summed E-state index contributed by atoms with van der Waals surface area (Å²) in [6, 6.07) is 4.05. The van der Waals surface area contributed by atoms with Crippen molar-refractivity contribution in [3.8, 4) is 0 Å². The van der Waals surface area contributed by atoms with Crippen molar-refractivity contribution in [3.05, 3.63) is 29.6 Å². The molecule has 0 unspecified atom stereocenters. The molecule has 0 radical (unpaired) electrons. The van der Waals surface area contributed by atoms with E-state index in [0.717, 1.165) is 0 Å². The first-order chi connectivity index (χ1) is 9.10. The van der Waals surface area contributed by atoms with Crippen LogP contribution in [0.2, 0.25) is 0 Å². The van der Waals surface area contributed by atoms with Crippen LogP contribution in [0, 0.1) is 5.82 Å². The van der Waals surface area contributed by atoms with Gasteiger partial charge in [0.15, 0.2) is 0 Å². The summed E-state index contributed by atoms with van der Waals surface area (Å²) in [7, 11) is 0. The number of nitrogens with two attached hydrogens (primary N) is 1. The molecule has 0 aliphatic rings. The zero-order valence-electron chi connectivity index (χ0n) is 10.6. The van der Waals surface area contributed by atoms with E-state index in [2.05, 4.69) is 16.1 Å². The Morgan fingerprint density at radius 2 is 2.05 bits per heavy atom. The second-order valence-corrected chi connectivity index (χ2v) is 3.77. The van der Waals surface area contributed by atoms with Gasteiger partial charge in [0, 0.05) is 19.5 Å². The van der Waals surface area contributed by atoms with Crippen LogP contribution in [0.3, 0.4) is 0 Å². The van der Waals surface area contributed by atoms with Crippen molar-refractivity contribution in [2.45, 2.75) is 13.3 Å². The largest absolute Gasteiger partial charge is 0.356 e. The van der Waals surface area contributed by atoms with Gasteiger partial charge in [0.25, 0.3) is 5.91 Å². The fourth-order valence-corrected chi connectivity index (χ4v) is 1.53. The van der Waals surface area contributed by atoms with Gasteiger partial charge in [-0.25, -0.2) is 4.39 Å². The maximum absolute atomic E-state index is 13.4. The number of nitrogen functional groups attached to an aromatic ring is 1. The van der Waals surface area contributed by atoms with E-state index >= 15 is 0 Å². The summed E-state index contributed by atoms with van der Waals surface area (Å²) in [6.45, 7) is 2.52. The van der Waals surface area contributed by atoms with E-state index in [1.807, 2.05) is 6.92 Å². The molecule has 0 spiro atoms. The molecular formula is C12H17FN4O2. The lowest BCUT2D eigenvalue weighted by atomic mass is 10.1. The monoisotopic (exact) mass is 268 g/mol. The molecule has 0 aromatic heterocycles. The zero-order chi connectivity index (χ0) is 14.3. The number of nitrogens with one attached hydrogen (secondary N) is 3. The van der Waals surface area contributed by atoms with Gasteiger partial charge >= 0.3 is 0 Å². The summed E-state index contributed by atoms with van der Waals surface area (Å²) in [6.07, 6.45) is 0.167. The first-order valence-corrected chi connectivity index (χ1v) is 5.90. The number of rotatable bonds is 6. The van der Waals surface area contributed by atoms with Crippen molar-refractivity contribution < 1.29 is 14.0 Å². The summed E-state index contributed by atoms with van der Waals surface area (Å²) in [4.78, 5) is 23.0. The molecule has 0 fully saturated rings. The van der Waals surface area contributed by atoms with Gasteiger partial charge < -0.3 is 16.1 Å². The number of hydrazine groups is 1. The van der Waals surface area contributed by atoms with Crippen molar-refractivity contribution >= 4 is 17.5 Å². The average molecular weight is 268 g/mol. The van der Waals surface area contributed by atoms with Crippen LogP contribution >= 0.6 is 0 Å². The number of benzene rings is 1. The topological polar surface area (TPSA) is 96.2 Å². The molecule has 19 heavy (non-hydrogen) atoms. The molecule has 0 saturated carbocycles. The van der Waals surface area contributed by atoms with Gasteiger partial charge in [0.2, 0.25) is 5.91 Å². The highest BCUT2D eigenvalue weighted by atomic mass is 19.1. The Labute approximate surface area is 110 Å². The van der Waals surface area contributed by atoms with E-state index in [1.165, 1.54) is 18.2 Å². The lowest BCUT2D eigenvalue weighted by molar-refractivity contribution is -0.120. The number of halogens is 1. The lowest BCUT2D eigenvalue weighted by Crippen LogP contribution is -2.31. The SMILES string of the molecule is CCNC(=O)CCNC(=O)c1cccc(F)c1NN. The minimum Gasteiger partial charge on any atom is -0.356 e. The molecule has 2 amide bonds. The van der Waals surface area contributed by atoms with E-state index in [0.29, 0.717) is 6.54 Å². The maximum atomic E-state index is 13.4. The molecule has 0 bridgehead atoms. The van der Waals surface area contributed by atoms with Gasteiger partial charge in [0.1, 0.15) is 5.82 Å². The lowest BCUT2D eigenvalue weighted by Gasteiger charge is -2.10. The molecule has 7 heteroatoms. The zero-order valence-corrected chi connectivity index (χ0v) is 10.6. The molecule has 0 aliphatic heterocycles. The summed E-state index contributed by atoms with van der Waals surface area (Å²) >= 11 is 0. The first-order valence-electron chi connectivity index (χ1n) is 5.90. The second kappa shape index (κ2) is 7.32. The van der Waals surface area contributed by atoms with Crippen LogP contribution in [0.5, 0.6) is 0 Å². The predicted octanol–water partition coefficient (Wildman–Crippen LogP) is 0.367. The summed E-state index contributed by atoms with van der Waals surface area (Å²) in [5.41, 5.74) is 2.17. The summed E-state index contributed by atoms with van der Waals surface area (Å²) in [5, 5.41) is 5.14. The number of anilines is 1. The van der Waals surface area contributed by atoms with Gasteiger partial charge in [-0.15, -0.1) is 0 Å². The van der Waals surface area contributed by atoms with E-state index in [1.54, 1.807) is 0 Å². The second-order valence-electron chi connectivity index (χ2n) is 3.77. The van der Waals surface area contributed by atoms with Crippen LogP contribution in [0.15, 0.2) is 18.2 Å². The fraction of sp³-hybridized carbons (Fsp3) is 0.333. The molecule has 0 saturated heterocycles. The van der Waals surface area contributed by atoms with Gasteiger partial charge in [-0.3, -0.25) is 15.4 Å². The highest BCUT2D eigenvalue weighted by Crippen LogP contribution is 2.18. The van der Waals surface area contributed by atoms with Crippen LogP contribution in [0.1, 0.15) is 23.7 Å². The van der Waals surface area contributed by atoms with Crippen LogP contribution in [-0.4, -0.2) is 24.9 Å². The number of amides is 2. The molecule has 1 aromatic rings. The van der Waals surface area contributed by atoms with Gasteiger partial charge in [-0.1, -0.05) is 6.07 Å². The standard InChI is InChI=1S/C12H17FN4O2/c1-2-15-10(18)6-7-16-12(19)8-4-3-5-9(13)11(8)17-14/h3-5,17H,2,6-7,14H2,1H3,(H,15,18)(H,16,19). The molecule has 104 valence electrons. The highest BCUT2D eigenvalue weighted by Gasteiger charge is 2.14. The average Bonchev–Trinajstić information content (AvgIpc) is 2.38. The smallest absolute Gasteiger partial charge is 0.253 e. The highest BCUT2D eigenvalue weighted by molar-refractivity contribution is 5.99. The summed E-state index contributed by atoms with van der Waals surface area (Å²) < 4.78 is 13.4. The molecule has 0 heterocycles. The molecule has 6 nitrogen and oxygen atoms in total. The van der Waals surface area contributed by atoms with E-state index in [9.17, 15) is 14.0 Å². The Bertz CT molecular complexity index is 465. The van der Waals surface area contributed by atoms with Crippen molar-refractivity contribution in [1.29, 1.82) is 0 Å². The van der Waals surface area contributed by atoms with Crippen molar-refractivity contribution in [1.82, 2.24) is 10.6 Å². The van der Waals surface area contributed by atoms with Crippen molar-refractivity contribution in [2.24, 2.45) is 5.84 Å². The molecule has 1 aromatic carbocycles. The molecular weight excluding hydrogens is 251 g/mol. The normalized spacial score (nSPS) is 9.84. The number of carbonyl (C=O) groups is 2. The minimum absolute atomic E-state index is 0.0713. The van der Waals surface area contributed by atoms with Gasteiger partial charge in [-0.05, 0) is 19.1 Å². The molecule has 0 aliphatic carbocycles. The number of para-hydroxylation sites is 1. The Balaban J connectivity index is 2.59. The molecule has 1 rings (SSSR count). The van der Waals surface area contributed by atoms with Crippen LogP contribution in [0.25, 0.3) is 0 Å². The number of hydrogen-bond donors (Lipinski definition) is 4. The van der Waals surface area contributed by atoms with E-state index < -0.39 is 11.7 Å². The van der Waals surface area contributed by atoms with Crippen molar-refractivity contribution in [2.75, 3.05) is 18.5 Å². The predicted molar refractivity (Wildman–Crippen MR) is 69.8 cm³/mol. The molecule has 0 atom stereocenters. The van der Waals surface area contributed by atoms with E-state index in [4.69, 9.17) is 5.84 Å². The Morgan fingerprint density at radius 1 is 1.32 bits per heavy atom. The van der Waals surface area contributed by atoms with E-state index in [-0.39, 0.29) is 30.1 Å². The first kappa shape index (κ1) is 14.9. The third kappa shape index (κ3) is 4.22. The third-order valence-corrected chi connectivity index (χ3v) is 2.41. The Kier molecular flexibility index (Phi) is 5.74. The Hall–Kier alpha value is -2.15. The molecule has 5 N–H and O–H groups in total. The maximum Gasteiger partial charge on any atom is 0.253 e.